The first-order chi connectivity index (χ1) is 35.5. The molecule has 0 fully saturated rings. The van der Waals surface area contributed by atoms with Gasteiger partial charge in [-0.25, -0.2) is 24.7 Å². The Morgan fingerprint density at radius 1 is 0.568 bits per heavy atom. The fraction of sp³-hybridized carbons (Fsp3) is 0.264. The Kier molecular flexibility index (Phi) is 18.0. The third kappa shape index (κ3) is 15.8. The monoisotopic (exact) mass is 1020 g/mol. The number of methoxy groups -OCH3 is 1. The van der Waals surface area contributed by atoms with Crippen molar-refractivity contribution in [1.82, 2.24) is 39.7 Å². The van der Waals surface area contributed by atoms with E-state index in [0.29, 0.717) is 58.9 Å². The largest absolute Gasteiger partial charge is 0.573 e. The molecule has 0 bridgehead atoms. The Bertz CT molecular complexity index is 3100. The van der Waals surface area contributed by atoms with Crippen molar-refractivity contribution in [3.8, 4) is 11.5 Å². The van der Waals surface area contributed by atoms with E-state index in [0.717, 1.165) is 16.7 Å². The van der Waals surface area contributed by atoms with Gasteiger partial charge < -0.3 is 39.1 Å². The van der Waals surface area contributed by atoms with Crippen LogP contribution >= 0.6 is 0 Å². The number of aliphatic hydroxyl groups is 1. The molecule has 0 saturated heterocycles. The topological polar surface area (TPSA) is 185 Å². The number of fused-ring (bicyclic) bond motifs is 2. The maximum atomic E-state index is 12.8. The normalized spacial score (nSPS) is 12.3. The molecule has 2 atom stereocenters. The van der Waals surface area contributed by atoms with Gasteiger partial charge in [0, 0.05) is 44.5 Å². The average Bonchev–Trinajstić information content (AvgIpc) is 3.92. The van der Waals surface area contributed by atoms with Gasteiger partial charge in [0.05, 0.1) is 32.8 Å². The average molecular weight is 1030 g/mol. The van der Waals surface area contributed by atoms with Gasteiger partial charge in [0.15, 0.2) is 11.3 Å². The number of rotatable bonds is 20. The van der Waals surface area contributed by atoms with E-state index >= 15 is 0 Å². The predicted molar refractivity (Wildman–Crippen MR) is 259 cm³/mol. The number of carbonyl (C=O) groups excluding carboxylic acids is 3. The first kappa shape index (κ1) is 53.5. The van der Waals surface area contributed by atoms with Crippen molar-refractivity contribution in [3.05, 3.63) is 180 Å². The van der Waals surface area contributed by atoms with E-state index in [1.54, 1.807) is 42.7 Å². The molecule has 74 heavy (non-hydrogen) atoms. The number of nitrogens with one attached hydrogen (secondary N) is 2. The van der Waals surface area contributed by atoms with Crippen LogP contribution < -0.4 is 20.1 Å². The Balaban J connectivity index is 0.000000217. The molecule has 8 aromatic rings. The molecule has 0 unspecified atom stereocenters. The molecule has 8 rings (SSSR count). The summed E-state index contributed by atoms with van der Waals surface area (Å²) in [6.07, 6.45) is -4.72. The number of alkyl halides is 6. The summed E-state index contributed by atoms with van der Waals surface area (Å²) >= 11 is 0. The Labute approximate surface area is 420 Å². The number of carbonyl (C=O) groups is 3. The maximum absolute atomic E-state index is 12.8. The molecule has 0 saturated carbocycles. The van der Waals surface area contributed by atoms with E-state index < -0.39 is 30.8 Å². The number of halogens is 6. The van der Waals surface area contributed by atoms with Gasteiger partial charge in [0.1, 0.15) is 40.2 Å². The van der Waals surface area contributed by atoms with Crippen LogP contribution in [0.2, 0.25) is 0 Å². The van der Waals surface area contributed by atoms with Crippen molar-refractivity contribution in [2.24, 2.45) is 0 Å². The smallest absolute Gasteiger partial charge is 0.467 e. The van der Waals surface area contributed by atoms with Crippen LogP contribution in [-0.4, -0.2) is 90.5 Å². The number of nitrogens with zero attached hydrogens (tertiary/aromatic N) is 6. The van der Waals surface area contributed by atoms with Gasteiger partial charge in [-0.15, -0.1) is 26.3 Å². The SMILES string of the molecule is COC(=O)[C@@H](Cc1ccccc1)NC(=O)CCc1nc2cccnc2n1Cc1ccc(OC(F)(F)F)cc1.O=C(CCc1nc2cccnc2n1Cc1ccc(OC(F)(F)F)cc1)N[C@@H](CO)Cc1ccccc1. The summed E-state index contributed by atoms with van der Waals surface area (Å²) in [7, 11) is 1.27. The van der Waals surface area contributed by atoms with E-state index in [-0.39, 0.29) is 62.1 Å². The minimum absolute atomic E-state index is 0.0456. The van der Waals surface area contributed by atoms with Crippen LogP contribution in [0.4, 0.5) is 26.3 Å². The number of aryl methyl sites for hydroxylation is 2. The van der Waals surface area contributed by atoms with Crippen molar-refractivity contribution < 1.29 is 60.0 Å². The van der Waals surface area contributed by atoms with Gasteiger partial charge in [-0.05, 0) is 77.2 Å². The van der Waals surface area contributed by atoms with Crippen molar-refractivity contribution in [2.75, 3.05) is 13.7 Å². The van der Waals surface area contributed by atoms with Gasteiger partial charge in [0.2, 0.25) is 11.8 Å². The highest BCUT2D eigenvalue weighted by Crippen LogP contribution is 2.26. The van der Waals surface area contributed by atoms with Gasteiger partial charge in [0.25, 0.3) is 0 Å². The fourth-order valence-electron chi connectivity index (χ4n) is 7.95. The lowest BCUT2D eigenvalue weighted by atomic mass is 10.1. The highest BCUT2D eigenvalue weighted by Gasteiger charge is 2.32. The van der Waals surface area contributed by atoms with E-state index in [1.165, 1.54) is 43.5 Å². The molecular weight excluding hydrogens is 975 g/mol. The number of hydrogen-bond acceptors (Lipinski definition) is 11. The van der Waals surface area contributed by atoms with Crippen LogP contribution in [0, 0.1) is 0 Å². The molecule has 0 aliphatic carbocycles. The second-order valence-corrected chi connectivity index (χ2v) is 16.8. The number of hydrogen-bond donors (Lipinski definition) is 3. The summed E-state index contributed by atoms with van der Waals surface area (Å²) in [5, 5.41) is 15.3. The zero-order valence-corrected chi connectivity index (χ0v) is 39.7. The summed E-state index contributed by atoms with van der Waals surface area (Å²) < 4.78 is 91.1. The third-order valence-corrected chi connectivity index (χ3v) is 11.3. The number of esters is 1. The van der Waals surface area contributed by atoms with E-state index in [1.807, 2.05) is 75.9 Å². The molecule has 3 N–H and O–H groups in total. The second-order valence-electron chi connectivity index (χ2n) is 16.8. The first-order valence-corrected chi connectivity index (χ1v) is 23.2. The third-order valence-electron chi connectivity index (χ3n) is 11.3. The molecule has 21 heteroatoms. The Hall–Kier alpha value is -8.33. The molecule has 4 aromatic carbocycles. The lowest BCUT2D eigenvalue weighted by molar-refractivity contribution is -0.275. The molecule has 386 valence electrons. The van der Waals surface area contributed by atoms with Crippen molar-refractivity contribution in [2.45, 2.75) is 76.4 Å². The summed E-state index contributed by atoms with van der Waals surface area (Å²) in [6, 6.07) is 35.8. The molecule has 4 heterocycles. The number of imidazole rings is 2. The molecule has 0 spiro atoms. The first-order valence-electron chi connectivity index (χ1n) is 23.2. The van der Waals surface area contributed by atoms with Crippen LogP contribution in [-0.2, 0) is 57.9 Å². The van der Waals surface area contributed by atoms with Gasteiger partial charge in [-0.2, -0.15) is 0 Å². The maximum Gasteiger partial charge on any atom is 0.573 e. The van der Waals surface area contributed by atoms with Crippen LogP contribution in [0.25, 0.3) is 22.3 Å². The Morgan fingerprint density at radius 2 is 1.00 bits per heavy atom. The van der Waals surface area contributed by atoms with E-state index in [4.69, 9.17) is 4.74 Å². The van der Waals surface area contributed by atoms with Crippen LogP contribution in [0.5, 0.6) is 11.5 Å². The summed E-state index contributed by atoms with van der Waals surface area (Å²) in [5.74, 6) is -0.535. The van der Waals surface area contributed by atoms with Crippen molar-refractivity contribution in [3.63, 3.8) is 0 Å². The van der Waals surface area contributed by atoms with E-state index in [2.05, 4.69) is 40.0 Å². The van der Waals surface area contributed by atoms with Crippen LogP contribution in [0.3, 0.4) is 0 Å². The second kappa shape index (κ2) is 24.9. The van der Waals surface area contributed by atoms with Crippen molar-refractivity contribution in [1.29, 1.82) is 0 Å². The molecule has 0 aliphatic rings. The molecule has 2 amide bonds. The minimum atomic E-state index is -4.77. The number of benzene rings is 4. The number of aliphatic hydroxyl groups excluding tert-OH is 1. The quantitative estimate of drug-likeness (QED) is 0.0494. The highest BCUT2D eigenvalue weighted by atomic mass is 19.4. The van der Waals surface area contributed by atoms with Gasteiger partial charge >= 0.3 is 18.7 Å². The van der Waals surface area contributed by atoms with Gasteiger partial charge in [-0.3, -0.25) is 9.59 Å². The predicted octanol–water partition coefficient (Wildman–Crippen LogP) is 8.24. The van der Waals surface area contributed by atoms with Crippen molar-refractivity contribution >= 4 is 40.1 Å². The number of aromatic nitrogens is 6. The molecular formula is C53H50F6N8O7. The lowest BCUT2D eigenvalue weighted by Crippen LogP contribution is -2.43. The zero-order chi connectivity index (χ0) is 52.7. The number of amides is 2. The van der Waals surface area contributed by atoms with Gasteiger partial charge in [-0.1, -0.05) is 84.9 Å². The molecule has 4 aromatic heterocycles. The van der Waals surface area contributed by atoms with E-state index in [9.17, 15) is 45.8 Å². The number of pyridine rings is 2. The zero-order valence-electron chi connectivity index (χ0n) is 39.7. The standard InChI is InChI=1S/C27H25F3N4O4.C26H25F3N4O3/c1-37-26(36)22(16-18-6-3-2-4-7-18)33-24(35)14-13-23-32-21-8-5-15-31-25(21)34(23)17-19-9-11-20(12-10-19)38-27(28,29)30;27-26(28,29)36-21-10-8-19(9-11-21)16-33-23(32-22-7-4-14-30-25(22)33)12-13-24(35)31-20(17-34)15-18-5-2-1-3-6-18/h2-12,15,22H,13-14,16-17H2,1H3,(H,33,35);1-11,14,20,34H,12-13,15-17H2,(H,31,35)/t22-;20-/m11/s1. The molecule has 15 nitrogen and oxygen atoms in total. The summed E-state index contributed by atoms with van der Waals surface area (Å²) in [4.78, 5) is 55.7. The summed E-state index contributed by atoms with van der Waals surface area (Å²) in [6.45, 7) is 0.400. The minimum Gasteiger partial charge on any atom is -0.467 e. The Morgan fingerprint density at radius 3 is 1.42 bits per heavy atom. The number of ether oxygens (including phenoxy) is 3. The van der Waals surface area contributed by atoms with Crippen LogP contribution in [0.1, 0.15) is 46.7 Å². The fourth-order valence-corrected chi connectivity index (χ4v) is 7.95. The molecule has 0 aliphatic heterocycles. The molecule has 0 radical (unpaired) electrons. The highest BCUT2D eigenvalue weighted by molar-refractivity contribution is 5.85. The van der Waals surface area contributed by atoms with Crippen LogP contribution in [0.15, 0.2) is 146 Å². The summed E-state index contributed by atoms with van der Waals surface area (Å²) in [5.41, 5.74) is 5.78. The lowest BCUT2D eigenvalue weighted by Gasteiger charge is -2.17.